The van der Waals surface area contributed by atoms with Gasteiger partial charge in [-0.1, -0.05) is 35.3 Å². The summed E-state index contributed by atoms with van der Waals surface area (Å²) in [7, 11) is 3.90. The standard InChI is InChI=1S/C22H22Cl2N2O3/c1-25(2)12-3-13-26-19(14-4-8-16(23)9-5-14)18(21(28)22(26)29)20(27)15-6-10-17(24)11-7-15/h4-11,19,27H,3,12-13H2,1-2H3/t19-/m1/s1. The van der Waals surface area contributed by atoms with Gasteiger partial charge in [0.25, 0.3) is 11.7 Å². The lowest BCUT2D eigenvalue weighted by Gasteiger charge is -2.26. The van der Waals surface area contributed by atoms with Gasteiger partial charge >= 0.3 is 0 Å². The zero-order chi connectivity index (χ0) is 21.1. The molecule has 0 unspecified atom stereocenters. The van der Waals surface area contributed by atoms with Gasteiger partial charge in [0.1, 0.15) is 5.76 Å². The van der Waals surface area contributed by atoms with E-state index >= 15 is 0 Å². The van der Waals surface area contributed by atoms with Gasteiger partial charge in [0.15, 0.2) is 0 Å². The van der Waals surface area contributed by atoms with E-state index in [1.165, 1.54) is 4.90 Å². The molecule has 7 heteroatoms. The number of likely N-dealkylation sites (tertiary alicyclic amines) is 1. The summed E-state index contributed by atoms with van der Waals surface area (Å²) in [6.45, 7) is 1.17. The average Bonchev–Trinajstić information content (AvgIpc) is 2.93. The molecule has 1 amide bonds. The monoisotopic (exact) mass is 432 g/mol. The molecule has 1 saturated heterocycles. The molecule has 0 radical (unpaired) electrons. The van der Waals surface area contributed by atoms with Gasteiger partial charge < -0.3 is 14.9 Å². The molecule has 1 aliphatic rings. The van der Waals surface area contributed by atoms with Crippen molar-refractivity contribution in [2.45, 2.75) is 12.5 Å². The normalized spacial score (nSPS) is 18.7. The lowest BCUT2D eigenvalue weighted by Crippen LogP contribution is -2.32. The van der Waals surface area contributed by atoms with Crippen LogP contribution in [0, 0.1) is 0 Å². The van der Waals surface area contributed by atoms with E-state index < -0.39 is 17.7 Å². The maximum Gasteiger partial charge on any atom is 0.295 e. The first-order chi connectivity index (χ1) is 13.8. The lowest BCUT2D eigenvalue weighted by atomic mass is 9.95. The van der Waals surface area contributed by atoms with Crippen LogP contribution in [0.5, 0.6) is 0 Å². The van der Waals surface area contributed by atoms with Crippen LogP contribution in [-0.4, -0.2) is 53.8 Å². The summed E-state index contributed by atoms with van der Waals surface area (Å²) in [5, 5.41) is 12.0. The SMILES string of the molecule is CN(C)CCCN1C(=O)C(=O)C(=C(O)c2ccc(Cl)cc2)[C@H]1c1ccc(Cl)cc1. The van der Waals surface area contributed by atoms with Crippen LogP contribution in [-0.2, 0) is 9.59 Å². The van der Waals surface area contributed by atoms with Crippen LogP contribution in [0.3, 0.4) is 0 Å². The third-order valence-electron chi connectivity index (χ3n) is 4.85. The van der Waals surface area contributed by atoms with Crippen LogP contribution < -0.4 is 0 Å². The third-order valence-corrected chi connectivity index (χ3v) is 5.35. The molecule has 1 fully saturated rings. The Hall–Kier alpha value is -2.34. The fourth-order valence-electron chi connectivity index (χ4n) is 3.42. The highest BCUT2D eigenvalue weighted by Crippen LogP contribution is 2.39. The number of Topliss-reactive ketones (excluding diaryl/α,β-unsaturated/α-hetero) is 1. The smallest absolute Gasteiger partial charge is 0.295 e. The number of benzene rings is 2. The first-order valence-electron chi connectivity index (χ1n) is 9.24. The second-order valence-electron chi connectivity index (χ2n) is 7.21. The molecule has 0 spiro atoms. The number of ketones is 1. The van der Waals surface area contributed by atoms with Gasteiger partial charge in [-0.25, -0.2) is 0 Å². The van der Waals surface area contributed by atoms with Crippen LogP contribution in [0.25, 0.3) is 5.76 Å². The van der Waals surface area contributed by atoms with Crippen molar-refractivity contribution in [3.8, 4) is 0 Å². The number of aliphatic hydroxyl groups excluding tert-OH is 1. The predicted molar refractivity (Wildman–Crippen MR) is 115 cm³/mol. The minimum atomic E-state index is -0.692. The highest BCUT2D eigenvalue weighted by molar-refractivity contribution is 6.46. The molecular weight excluding hydrogens is 411 g/mol. The van der Waals surface area contributed by atoms with Gasteiger partial charge in [-0.05, 0) is 69.0 Å². The molecule has 2 aromatic rings. The molecule has 2 aromatic carbocycles. The summed E-state index contributed by atoms with van der Waals surface area (Å²) in [5.41, 5.74) is 1.22. The molecule has 0 aromatic heterocycles. The maximum atomic E-state index is 12.9. The average molecular weight is 433 g/mol. The van der Waals surface area contributed by atoms with Gasteiger partial charge in [-0.15, -0.1) is 0 Å². The van der Waals surface area contributed by atoms with Crippen molar-refractivity contribution in [2.75, 3.05) is 27.2 Å². The Morgan fingerprint density at radius 2 is 1.55 bits per heavy atom. The summed E-state index contributed by atoms with van der Waals surface area (Å²) in [5.74, 6) is -1.52. The minimum Gasteiger partial charge on any atom is -0.507 e. The minimum absolute atomic E-state index is 0.0736. The first kappa shape index (κ1) is 21.4. The molecule has 0 aliphatic carbocycles. The van der Waals surface area contributed by atoms with Crippen molar-refractivity contribution in [3.63, 3.8) is 0 Å². The summed E-state index contributed by atoms with van der Waals surface area (Å²) in [6.07, 6.45) is 0.700. The van der Waals surface area contributed by atoms with Crippen molar-refractivity contribution in [2.24, 2.45) is 0 Å². The Bertz CT molecular complexity index is 938. The van der Waals surface area contributed by atoms with Crippen molar-refractivity contribution < 1.29 is 14.7 Å². The van der Waals surface area contributed by atoms with Crippen LogP contribution in [0.15, 0.2) is 54.1 Å². The van der Waals surface area contributed by atoms with Crippen LogP contribution in [0.2, 0.25) is 10.0 Å². The number of carbonyl (C=O) groups excluding carboxylic acids is 2. The second kappa shape index (κ2) is 8.99. The van der Waals surface area contributed by atoms with E-state index in [4.69, 9.17) is 23.2 Å². The number of rotatable bonds is 6. The van der Waals surface area contributed by atoms with Gasteiger partial charge in [-0.2, -0.15) is 0 Å². The fraction of sp³-hybridized carbons (Fsp3) is 0.273. The van der Waals surface area contributed by atoms with Crippen LogP contribution in [0.1, 0.15) is 23.6 Å². The van der Waals surface area contributed by atoms with Crippen molar-refractivity contribution >= 4 is 40.7 Å². The quantitative estimate of drug-likeness (QED) is 0.418. The number of aliphatic hydroxyl groups is 1. The van der Waals surface area contributed by atoms with E-state index in [0.717, 1.165) is 6.54 Å². The molecular formula is C22H22Cl2N2O3. The van der Waals surface area contributed by atoms with Crippen LogP contribution >= 0.6 is 23.2 Å². The number of carbonyl (C=O) groups is 2. The Kier molecular flexibility index (Phi) is 6.63. The van der Waals surface area contributed by atoms with Crippen molar-refractivity contribution in [3.05, 3.63) is 75.3 Å². The summed E-state index contributed by atoms with van der Waals surface area (Å²) in [4.78, 5) is 29.2. The largest absolute Gasteiger partial charge is 0.507 e. The second-order valence-corrected chi connectivity index (χ2v) is 8.08. The third kappa shape index (κ3) is 4.64. The lowest BCUT2D eigenvalue weighted by molar-refractivity contribution is -0.139. The highest BCUT2D eigenvalue weighted by Gasteiger charge is 2.45. The molecule has 1 aliphatic heterocycles. The Morgan fingerprint density at radius 1 is 1.00 bits per heavy atom. The molecule has 5 nitrogen and oxygen atoms in total. The van der Waals surface area contributed by atoms with Crippen molar-refractivity contribution in [1.82, 2.24) is 9.80 Å². The molecule has 1 atom stereocenters. The zero-order valence-electron chi connectivity index (χ0n) is 16.2. The topological polar surface area (TPSA) is 60.9 Å². The molecule has 0 bridgehead atoms. The van der Waals surface area contributed by atoms with Gasteiger partial charge in [-0.3, -0.25) is 9.59 Å². The number of amides is 1. The maximum absolute atomic E-state index is 12.9. The van der Waals surface area contributed by atoms with Gasteiger partial charge in [0.2, 0.25) is 0 Å². The highest BCUT2D eigenvalue weighted by atomic mass is 35.5. The van der Waals surface area contributed by atoms with E-state index in [1.54, 1.807) is 48.5 Å². The van der Waals surface area contributed by atoms with Gasteiger partial charge in [0.05, 0.1) is 11.6 Å². The number of halogens is 2. The number of nitrogens with zero attached hydrogens (tertiary/aromatic N) is 2. The molecule has 0 saturated carbocycles. The van der Waals surface area contributed by atoms with E-state index in [9.17, 15) is 14.7 Å². The zero-order valence-corrected chi connectivity index (χ0v) is 17.7. The molecule has 3 rings (SSSR count). The van der Waals surface area contributed by atoms with Gasteiger partial charge in [0, 0.05) is 22.2 Å². The van der Waals surface area contributed by atoms with E-state index in [0.29, 0.717) is 34.1 Å². The van der Waals surface area contributed by atoms with E-state index in [1.807, 2.05) is 19.0 Å². The summed E-state index contributed by atoms with van der Waals surface area (Å²) in [6, 6.07) is 12.8. The fourth-order valence-corrected chi connectivity index (χ4v) is 3.67. The Morgan fingerprint density at radius 3 is 2.10 bits per heavy atom. The Balaban J connectivity index is 2.07. The summed E-state index contributed by atoms with van der Waals surface area (Å²) < 4.78 is 0. The van der Waals surface area contributed by atoms with Crippen molar-refractivity contribution in [1.29, 1.82) is 0 Å². The summed E-state index contributed by atoms with van der Waals surface area (Å²) >= 11 is 11.9. The van der Waals surface area contributed by atoms with E-state index in [2.05, 4.69) is 0 Å². The first-order valence-corrected chi connectivity index (χ1v) is 9.99. The predicted octanol–water partition coefficient (Wildman–Crippen LogP) is 4.37. The molecule has 152 valence electrons. The molecule has 29 heavy (non-hydrogen) atoms. The number of hydrogen-bond donors (Lipinski definition) is 1. The van der Waals surface area contributed by atoms with Crippen LogP contribution in [0.4, 0.5) is 0 Å². The molecule has 1 heterocycles. The number of hydrogen-bond acceptors (Lipinski definition) is 4. The Labute approximate surface area is 180 Å². The molecule has 1 N–H and O–H groups in total. The van der Waals surface area contributed by atoms with E-state index in [-0.39, 0.29) is 11.3 Å².